The van der Waals surface area contributed by atoms with Gasteiger partial charge in [0.25, 0.3) is 0 Å². The highest BCUT2D eigenvalue weighted by molar-refractivity contribution is 6.02. The number of hydrogen-bond acceptors (Lipinski definition) is 11. The smallest absolute Gasteiger partial charge is 0.228 e. The summed E-state index contributed by atoms with van der Waals surface area (Å²) in [5.41, 5.74) is 7.58. The van der Waals surface area contributed by atoms with Crippen molar-refractivity contribution in [1.29, 1.82) is 0 Å². The van der Waals surface area contributed by atoms with Gasteiger partial charge < -0.3 is 29.9 Å². The van der Waals surface area contributed by atoms with E-state index in [-0.39, 0.29) is 5.78 Å². The van der Waals surface area contributed by atoms with Crippen molar-refractivity contribution >= 4 is 40.2 Å². The fourth-order valence-electron chi connectivity index (χ4n) is 4.45. The van der Waals surface area contributed by atoms with Crippen molar-refractivity contribution in [3.05, 3.63) is 23.9 Å². The quantitative estimate of drug-likeness (QED) is 0.594. The summed E-state index contributed by atoms with van der Waals surface area (Å²) < 4.78 is 10.8. The number of piperazine rings is 1. The predicted octanol–water partition coefficient (Wildman–Crippen LogP) is 1.76. The van der Waals surface area contributed by atoms with Gasteiger partial charge >= 0.3 is 0 Å². The maximum Gasteiger partial charge on any atom is 0.228 e. The number of benzene rings is 1. The number of ketones is 1. The summed E-state index contributed by atoms with van der Waals surface area (Å²) in [5, 5.41) is 0.720. The highest BCUT2D eigenvalue weighted by atomic mass is 16.5. The minimum Gasteiger partial charge on any atom is -0.493 e. The molecule has 5 rings (SSSR count). The van der Waals surface area contributed by atoms with Gasteiger partial charge in [-0.3, -0.25) is 4.79 Å². The number of anilines is 4. The van der Waals surface area contributed by atoms with Gasteiger partial charge in [0.15, 0.2) is 17.3 Å². The number of methoxy groups -OCH3 is 2. The second-order valence-electron chi connectivity index (χ2n) is 8.27. The lowest BCUT2D eigenvalue weighted by atomic mass is 10.1. The van der Waals surface area contributed by atoms with Gasteiger partial charge in [-0.05, 0) is 13.0 Å². The van der Waals surface area contributed by atoms with Crippen LogP contribution in [-0.4, -0.2) is 79.2 Å². The van der Waals surface area contributed by atoms with Crippen LogP contribution in [0, 0.1) is 0 Å². The van der Waals surface area contributed by atoms with Crippen LogP contribution in [0.15, 0.2) is 18.3 Å². The SMILES string of the molecule is CCN1CCC(=O)c2cnc(N3CCN(c4nc(N)c5cc(OC)c(OC)cc5n4)CC3)nc21. The summed E-state index contributed by atoms with van der Waals surface area (Å²) in [7, 11) is 3.17. The van der Waals surface area contributed by atoms with Gasteiger partial charge in [0, 0.05) is 63.3 Å². The minimum absolute atomic E-state index is 0.108. The van der Waals surface area contributed by atoms with E-state index < -0.39 is 0 Å². The van der Waals surface area contributed by atoms with Gasteiger partial charge in [-0.1, -0.05) is 0 Å². The number of hydrogen-bond donors (Lipinski definition) is 1. The maximum absolute atomic E-state index is 12.3. The molecule has 1 saturated heterocycles. The van der Waals surface area contributed by atoms with Gasteiger partial charge in [0.05, 0.1) is 25.3 Å². The Kier molecular flexibility index (Phi) is 5.68. The Hall–Kier alpha value is -3.89. The Balaban J connectivity index is 1.36. The number of Topliss-reactive ketones (excluding diaryl/α,β-unsaturated/α-hetero) is 1. The molecule has 0 atom stereocenters. The van der Waals surface area contributed by atoms with Crippen LogP contribution in [0.4, 0.5) is 23.5 Å². The van der Waals surface area contributed by atoms with Gasteiger partial charge in [0.2, 0.25) is 11.9 Å². The largest absolute Gasteiger partial charge is 0.493 e. The van der Waals surface area contributed by atoms with Crippen LogP contribution in [0.1, 0.15) is 23.7 Å². The Morgan fingerprint density at radius 3 is 2.29 bits per heavy atom. The summed E-state index contributed by atoms with van der Waals surface area (Å²) in [6.07, 6.45) is 2.18. The molecular formula is C23H28N8O3. The Morgan fingerprint density at radius 2 is 1.62 bits per heavy atom. The maximum atomic E-state index is 12.3. The van der Waals surface area contributed by atoms with Crippen molar-refractivity contribution < 1.29 is 14.3 Å². The van der Waals surface area contributed by atoms with Crippen LogP contribution in [0.3, 0.4) is 0 Å². The normalized spacial score (nSPS) is 16.1. The highest BCUT2D eigenvalue weighted by Crippen LogP contribution is 2.34. The molecule has 0 spiro atoms. The first-order chi connectivity index (χ1) is 16.5. The van der Waals surface area contributed by atoms with Crippen molar-refractivity contribution in [3.8, 4) is 11.5 Å². The second kappa shape index (κ2) is 8.81. The van der Waals surface area contributed by atoms with Crippen LogP contribution >= 0.6 is 0 Å². The van der Waals surface area contributed by atoms with Crippen molar-refractivity contribution in [3.63, 3.8) is 0 Å². The lowest BCUT2D eigenvalue weighted by Crippen LogP contribution is -2.48. The average Bonchev–Trinajstić information content (AvgIpc) is 2.88. The highest BCUT2D eigenvalue weighted by Gasteiger charge is 2.27. The zero-order valence-corrected chi connectivity index (χ0v) is 19.6. The minimum atomic E-state index is 0.108. The van der Waals surface area contributed by atoms with Crippen LogP contribution in [-0.2, 0) is 0 Å². The molecule has 0 radical (unpaired) electrons. The monoisotopic (exact) mass is 464 g/mol. The zero-order chi connectivity index (χ0) is 23.8. The Labute approximate surface area is 197 Å². The molecule has 2 aliphatic rings. The van der Waals surface area contributed by atoms with E-state index in [9.17, 15) is 4.79 Å². The Morgan fingerprint density at radius 1 is 0.941 bits per heavy atom. The molecule has 11 nitrogen and oxygen atoms in total. The number of ether oxygens (including phenoxy) is 2. The molecule has 1 fully saturated rings. The molecule has 2 aliphatic heterocycles. The zero-order valence-electron chi connectivity index (χ0n) is 19.6. The van der Waals surface area contributed by atoms with E-state index in [1.165, 1.54) is 0 Å². The van der Waals surface area contributed by atoms with Gasteiger partial charge in [-0.2, -0.15) is 9.97 Å². The van der Waals surface area contributed by atoms with E-state index in [0.717, 1.165) is 17.7 Å². The summed E-state index contributed by atoms with van der Waals surface area (Å²) >= 11 is 0. The van der Waals surface area contributed by atoms with Gasteiger partial charge in [-0.15, -0.1) is 0 Å². The van der Waals surface area contributed by atoms with Crippen LogP contribution in [0.25, 0.3) is 10.9 Å². The number of nitrogens with two attached hydrogens (primary N) is 1. The third-order valence-corrected chi connectivity index (χ3v) is 6.41. The molecule has 0 saturated carbocycles. The first kappa shape index (κ1) is 21.9. The summed E-state index contributed by atoms with van der Waals surface area (Å²) in [6.45, 7) is 6.36. The summed E-state index contributed by atoms with van der Waals surface area (Å²) in [5.74, 6) is 3.63. The molecule has 34 heavy (non-hydrogen) atoms. The lowest BCUT2D eigenvalue weighted by molar-refractivity contribution is 0.0979. The molecule has 1 aromatic carbocycles. The lowest BCUT2D eigenvalue weighted by Gasteiger charge is -2.36. The van der Waals surface area contributed by atoms with E-state index in [0.29, 0.717) is 79.4 Å². The molecule has 11 heteroatoms. The van der Waals surface area contributed by atoms with Crippen LogP contribution in [0.5, 0.6) is 11.5 Å². The van der Waals surface area contributed by atoms with E-state index >= 15 is 0 Å². The van der Waals surface area contributed by atoms with Crippen molar-refractivity contribution in [2.45, 2.75) is 13.3 Å². The first-order valence-corrected chi connectivity index (χ1v) is 11.4. The van der Waals surface area contributed by atoms with Crippen molar-refractivity contribution in [2.75, 3.05) is 73.9 Å². The molecule has 0 unspecified atom stereocenters. The molecule has 3 aromatic rings. The number of aromatic nitrogens is 4. The van der Waals surface area contributed by atoms with Crippen LogP contribution < -0.4 is 29.9 Å². The molecule has 0 amide bonds. The molecular weight excluding hydrogens is 436 g/mol. The standard InChI is InChI=1S/C23H28N8O3/c1-4-29-6-5-17(32)15-13-25-22(28-21(15)29)30-7-9-31(10-8-30)23-26-16-12-19(34-3)18(33-2)11-14(16)20(24)27-23/h11-13H,4-10H2,1-3H3,(H2,24,26,27). The van der Waals surface area contributed by atoms with E-state index in [1.54, 1.807) is 26.5 Å². The van der Waals surface area contributed by atoms with Crippen molar-refractivity contribution in [1.82, 2.24) is 19.9 Å². The third-order valence-electron chi connectivity index (χ3n) is 6.41. The third kappa shape index (κ3) is 3.76. The topological polar surface area (TPSA) is 123 Å². The fourth-order valence-corrected chi connectivity index (χ4v) is 4.45. The molecule has 0 bridgehead atoms. The van der Waals surface area contributed by atoms with E-state index in [1.807, 2.05) is 6.07 Å². The fraction of sp³-hybridized carbons (Fsp3) is 0.435. The molecule has 4 heterocycles. The van der Waals surface area contributed by atoms with E-state index in [4.69, 9.17) is 25.2 Å². The number of carbonyl (C=O) groups excluding carboxylic acids is 1. The summed E-state index contributed by atoms with van der Waals surface area (Å²) in [6, 6.07) is 3.61. The molecule has 178 valence electrons. The van der Waals surface area contributed by atoms with E-state index in [2.05, 4.69) is 31.6 Å². The molecule has 2 N–H and O–H groups in total. The predicted molar refractivity (Wildman–Crippen MR) is 130 cm³/mol. The molecule has 2 aromatic heterocycles. The first-order valence-electron chi connectivity index (χ1n) is 11.4. The number of nitrogen functional groups attached to an aromatic ring is 1. The second-order valence-corrected chi connectivity index (χ2v) is 8.27. The van der Waals surface area contributed by atoms with Crippen LogP contribution in [0.2, 0.25) is 0 Å². The van der Waals surface area contributed by atoms with Gasteiger partial charge in [-0.25, -0.2) is 9.97 Å². The Bertz CT molecular complexity index is 1240. The number of rotatable bonds is 5. The average molecular weight is 465 g/mol. The number of nitrogens with zero attached hydrogens (tertiary/aromatic N) is 7. The van der Waals surface area contributed by atoms with Gasteiger partial charge in [0.1, 0.15) is 11.6 Å². The molecule has 0 aliphatic carbocycles. The van der Waals surface area contributed by atoms with Crippen molar-refractivity contribution in [2.24, 2.45) is 0 Å². The summed E-state index contributed by atoms with van der Waals surface area (Å²) in [4.78, 5) is 37.1. The number of fused-ring (bicyclic) bond motifs is 2. The number of carbonyl (C=O) groups is 1.